The van der Waals surface area contributed by atoms with Gasteiger partial charge in [0.2, 0.25) is 0 Å². The first-order valence-electron chi connectivity index (χ1n) is 3.86. The first-order chi connectivity index (χ1) is 6.95. The minimum absolute atomic E-state index is 0.557. The molecule has 0 aliphatic heterocycles. The Hall–Kier alpha value is -2.31. The van der Waals surface area contributed by atoms with Crippen LogP contribution in [0.2, 0.25) is 0 Å². The molecule has 0 saturated heterocycles. The highest BCUT2D eigenvalue weighted by Crippen LogP contribution is 2.19. The van der Waals surface area contributed by atoms with Crippen LogP contribution in [-0.2, 0) is 0 Å². The molecule has 1 N–H and O–H groups in total. The highest BCUT2D eigenvalue weighted by molar-refractivity contribution is 5.84. The van der Waals surface area contributed by atoms with E-state index in [1.165, 1.54) is 12.6 Å². The number of imidazole rings is 1. The molecular formula is C7H4N6O. The van der Waals surface area contributed by atoms with Gasteiger partial charge in [-0.15, -0.1) is 5.10 Å². The molecule has 0 aliphatic carbocycles. The quantitative estimate of drug-likeness (QED) is 0.594. The fourth-order valence-electron chi connectivity index (χ4n) is 1.23. The maximum absolute atomic E-state index is 4.64. The third kappa shape index (κ3) is 0.889. The Balaban J connectivity index is 2.36. The minimum atomic E-state index is 0.557. The molecule has 0 radical (unpaired) electrons. The summed E-state index contributed by atoms with van der Waals surface area (Å²) in [6.45, 7) is 0. The summed E-state index contributed by atoms with van der Waals surface area (Å²) in [6.07, 6.45) is 4.39. The van der Waals surface area contributed by atoms with E-state index in [9.17, 15) is 0 Å². The summed E-state index contributed by atoms with van der Waals surface area (Å²) in [5.74, 6) is 0. The van der Waals surface area contributed by atoms with Crippen molar-refractivity contribution in [3.63, 3.8) is 0 Å². The minimum Gasteiger partial charge on any atom is -0.345 e. The summed E-state index contributed by atoms with van der Waals surface area (Å²) in [4.78, 5) is 15.0. The van der Waals surface area contributed by atoms with Crippen molar-refractivity contribution in [1.82, 2.24) is 30.3 Å². The molecule has 0 saturated carbocycles. The van der Waals surface area contributed by atoms with Gasteiger partial charge in [-0.3, -0.25) is 0 Å². The van der Waals surface area contributed by atoms with E-state index in [-0.39, 0.29) is 0 Å². The average molecular weight is 188 g/mol. The van der Waals surface area contributed by atoms with Crippen molar-refractivity contribution in [3.8, 4) is 11.4 Å². The molecule has 68 valence electrons. The summed E-state index contributed by atoms with van der Waals surface area (Å²) in [5.41, 5.74) is 2.51. The predicted molar refractivity (Wildman–Crippen MR) is 45.0 cm³/mol. The highest BCUT2D eigenvalue weighted by atomic mass is 16.5. The number of aromatic nitrogens is 6. The maximum Gasteiger partial charge on any atom is 0.181 e. The van der Waals surface area contributed by atoms with E-state index in [0.717, 1.165) is 5.52 Å². The van der Waals surface area contributed by atoms with Crippen LogP contribution in [-0.4, -0.2) is 30.3 Å². The maximum atomic E-state index is 4.64. The van der Waals surface area contributed by atoms with Crippen molar-refractivity contribution < 1.29 is 4.52 Å². The lowest BCUT2D eigenvalue weighted by atomic mass is 10.3. The third-order valence-corrected chi connectivity index (χ3v) is 1.83. The lowest BCUT2D eigenvalue weighted by Gasteiger charge is -1.93. The standard InChI is InChI=1S/C7H4N6O/c1-4(12-13-14-1)5-6-7(10-2-8-5)11-3-9-6/h1-3H,(H,8,9,10,11). The van der Waals surface area contributed by atoms with Gasteiger partial charge >= 0.3 is 0 Å². The zero-order valence-corrected chi connectivity index (χ0v) is 6.88. The highest BCUT2D eigenvalue weighted by Gasteiger charge is 2.10. The van der Waals surface area contributed by atoms with Crippen LogP contribution >= 0.6 is 0 Å². The second kappa shape index (κ2) is 2.59. The second-order valence-electron chi connectivity index (χ2n) is 2.61. The first-order valence-corrected chi connectivity index (χ1v) is 3.86. The fraction of sp³-hybridized carbons (Fsp3) is 0. The summed E-state index contributed by atoms with van der Waals surface area (Å²) in [7, 11) is 0. The number of nitrogens with zero attached hydrogens (tertiary/aromatic N) is 5. The summed E-state index contributed by atoms with van der Waals surface area (Å²) < 4.78 is 4.64. The van der Waals surface area contributed by atoms with Crippen LogP contribution < -0.4 is 0 Å². The molecule has 0 unspecified atom stereocenters. The Labute approximate surface area is 77.2 Å². The second-order valence-corrected chi connectivity index (χ2v) is 2.61. The average Bonchev–Trinajstić information content (AvgIpc) is 2.88. The Morgan fingerprint density at radius 1 is 1.21 bits per heavy atom. The van der Waals surface area contributed by atoms with E-state index >= 15 is 0 Å². The van der Waals surface area contributed by atoms with E-state index in [1.807, 2.05) is 0 Å². The van der Waals surface area contributed by atoms with Crippen LogP contribution in [0.3, 0.4) is 0 Å². The van der Waals surface area contributed by atoms with Crippen molar-refractivity contribution in [2.45, 2.75) is 0 Å². The van der Waals surface area contributed by atoms with Gasteiger partial charge in [-0.1, -0.05) is 0 Å². The molecule has 3 aromatic heterocycles. The normalized spacial score (nSPS) is 10.9. The van der Waals surface area contributed by atoms with E-state index in [0.29, 0.717) is 17.0 Å². The largest absolute Gasteiger partial charge is 0.345 e. The van der Waals surface area contributed by atoms with E-state index in [2.05, 4.69) is 34.8 Å². The van der Waals surface area contributed by atoms with E-state index in [1.54, 1.807) is 6.33 Å². The number of nitrogens with one attached hydrogen (secondary N) is 1. The molecule has 0 aliphatic rings. The number of H-pyrrole nitrogens is 1. The lowest BCUT2D eigenvalue weighted by Crippen LogP contribution is -1.88. The number of fused-ring (bicyclic) bond motifs is 1. The zero-order chi connectivity index (χ0) is 9.38. The molecule has 7 heteroatoms. The molecule has 0 spiro atoms. The van der Waals surface area contributed by atoms with Crippen LogP contribution in [0.5, 0.6) is 0 Å². The number of hydrogen-bond acceptors (Lipinski definition) is 6. The summed E-state index contributed by atoms with van der Waals surface area (Å²) in [6, 6.07) is 0. The van der Waals surface area contributed by atoms with Crippen molar-refractivity contribution in [1.29, 1.82) is 0 Å². The molecule has 3 aromatic rings. The van der Waals surface area contributed by atoms with Crippen molar-refractivity contribution in [2.75, 3.05) is 0 Å². The molecule has 0 bridgehead atoms. The van der Waals surface area contributed by atoms with E-state index in [4.69, 9.17) is 0 Å². The molecule has 0 fully saturated rings. The molecule has 3 rings (SSSR count). The van der Waals surface area contributed by atoms with Gasteiger partial charge < -0.3 is 9.51 Å². The van der Waals surface area contributed by atoms with Crippen LogP contribution in [0.15, 0.2) is 23.4 Å². The van der Waals surface area contributed by atoms with Gasteiger partial charge in [-0.05, 0) is 0 Å². The molecular weight excluding hydrogens is 184 g/mol. The molecule has 14 heavy (non-hydrogen) atoms. The number of hydrogen-bond donors (Lipinski definition) is 1. The predicted octanol–water partition coefficient (Wildman–Crippen LogP) is 0.403. The van der Waals surface area contributed by atoms with Gasteiger partial charge in [-0.2, -0.15) is 0 Å². The van der Waals surface area contributed by atoms with Gasteiger partial charge in [-0.25, -0.2) is 15.0 Å². The Morgan fingerprint density at radius 2 is 2.21 bits per heavy atom. The van der Waals surface area contributed by atoms with Crippen molar-refractivity contribution in [3.05, 3.63) is 18.9 Å². The molecule has 7 nitrogen and oxygen atoms in total. The SMILES string of the molecule is c1nc(-c2conn2)c2[nH]cnc2n1. The van der Waals surface area contributed by atoms with Gasteiger partial charge in [0.1, 0.15) is 17.5 Å². The lowest BCUT2D eigenvalue weighted by molar-refractivity contribution is 0.393. The topological polar surface area (TPSA) is 93.4 Å². The summed E-state index contributed by atoms with van der Waals surface area (Å²) >= 11 is 0. The number of rotatable bonds is 1. The first kappa shape index (κ1) is 7.13. The monoisotopic (exact) mass is 188 g/mol. The van der Waals surface area contributed by atoms with Gasteiger partial charge in [0.25, 0.3) is 0 Å². The Bertz CT molecular complexity index is 556. The fourth-order valence-corrected chi connectivity index (χ4v) is 1.23. The molecule has 3 heterocycles. The molecule has 0 aromatic carbocycles. The van der Waals surface area contributed by atoms with Crippen LogP contribution in [0.4, 0.5) is 0 Å². The smallest absolute Gasteiger partial charge is 0.181 e. The Kier molecular flexibility index (Phi) is 1.32. The molecule has 0 atom stereocenters. The third-order valence-electron chi connectivity index (χ3n) is 1.83. The van der Waals surface area contributed by atoms with Crippen LogP contribution in [0.1, 0.15) is 0 Å². The van der Waals surface area contributed by atoms with E-state index < -0.39 is 0 Å². The summed E-state index contributed by atoms with van der Waals surface area (Å²) in [5, 5.41) is 7.13. The Morgan fingerprint density at radius 3 is 3.07 bits per heavy atom. The number of aromatic amines is 1. The van der Waals surface area contributed by atoms with Crippen LogP contribution in [0, 0.1) is 0 Å². The van der Waals surface area contributed by atoms with Gasteiger partial charge in [0, 0.05) is 5.27 Å². The van der Waals surface area contributed by atoms with Gasteiger partial charge in [0.15, 0.2) is 17.6 Å². The van der Waals surface area contributed by atoms with Crippen molar-refractivity contribution in [2.24, 2.45) is 0 Å². The molecule has 0 amide bonds. The van der Waals surface area contributed by atoms with Gasteiger partial charge in [0.05, 0.1) is 6.33 Å². The zero-order valence-electron chi connectivity index (χ0n) is 6.88. The van der Waals surface area contributed by atoms with Crippen molar-refractivity contribution >= 4 is 11.2 Å². The van der Waals surface area contributed by atoms with Crippen LogP contribution in [0.25, 0.3) is 22.6 Å².